The normalized spacial score (nSPS) is 14.9. The highest BCUT2D eigenvalue weighted by atomic mass is 35.5. The van der Waals surface area contributed by atoms with Gasteiger partial charge in [-0.3, -0.25) is 24.3 Å². The van der Waals surface area contributed by atoms with Crippen LogP contribution in [0.25, 0.3) is 5.70 Å². The van der Waals surface area contributed by atoms with Gasteiger partial charge in [0.1, 0.15) is 17.0 Å². The van der Waals surface area contributed by atoms with Crippen molar-refractivity contribution < 1.29 is 14.5 Å². The number of nitrogens with zero attached hydrogens (tertiary/aromatic N) is 2. The zero-order chi connectivity index (χ0) is 20.8. The second kappa shape index (κ2) is 6.79. The minimum absolute atomic E-state index is 0.0107. The Bertz CT molecular complexity index is 1100. The van der Waals surface area contributed by atoms with Crippen LogP contribution in [0.1, 0.15) is 33.3 Å². The molecule has 1 aliphatic rings. The van der Waals surface area contributed by atoms with E-state index in [4.69, 9.17) is 16.3 Å². The van der Waals surface area contributed by atoms with E-state index >= 15 is 0 Å². The Hall–Kier alpha value is -3.13. The fourth-order valence-corrected chi connectivity index (χ4v) is 3.26. The molecule has 146 valence electrons. The first-order chi connectivity index (χ1) is 13.0. The van der Waals surface area contributed by atoms with Gasteiger partial charge in [0, 0.05) is 30.8 Å². The van der Waals surface area contributed by atoms with Crippen molar-refractivity contribution >= 4 is 34.6 Å². The van der Waals surface area contributed by atoms with Gasteiger partial charge in [-0.1, -0.05) is 11.6 Å². The Morgan fingerprint density at radius 2 is 2.00 bits per heavy atom. The van der Waals surface area contributed by atoms with E-state index in [1.165, 1.54) is 42.0 Å². The average Bonchev–Trinajstić information content (AvgIpc) is 2.58. The lowest BCUT2D eigenvalue weighted by Gasteiger charge is -2.36. The molecule has 8 nitrogen and oxygen atoms in total. The van der Waals surface area contributed by atoms with E-state index < -0.39 is 22.0 Å². The van der Waals surface area contributed by atoms with Crippen molar-refractivity contribution in [1.29, 1.82) is 0 Å². The number of ether oxygens (including phenoxy) is 1. The van der Waals surface area contributed by atoms with Crippen LogP contribution in [0.3, 0.4) is 0 Å². The van der Waals surface area contributed by atoms with Crippen LogP contribution in [0.15, 0.2) is 40.8 Å². The monoisotopic (exact) mass is 403 g/mol. The Kier molecular flexibility index (Phi) is 4.76. The van der Waals surface area contributed by atoms with Crippen molar-refractivity contribution in [3.8, 4) is 5.75 Å². The summed E-state index contributed by atoms with van der Waals surface area (Å²) in [6.45, 7) is 6.72. The number of halogens is 1. The Labute approximate surface area is 165 Å². The van der Waals surface area contributed by atoms with E-state index in [2.05, 4.69) is 5.32 Å². The molecule has 1 aromatic heterocycles. The Morgan fingerprint density at radius 1 is 1.32 bits per heavy atom. The number of fused-ring (bicyclic) bond motifs is 1. The summed E-state index contributed by atoms with van der Waals surface area (Å²) < 4.78 is 7.27. The number of aromatic nitrogens is 1. The third-order valence-electron chi connectivity index (χ3n) is 4.59. The van der Waals surface area contributed by atoms with Gasteiger partial charge < -0.3 is 10.1 Å². The highest BCUT2D eigenvalue weighted by molar-refractivity contribution is 6.30. The summed E-state index contributed by atoms with van der Waals surface area (Å²) in [6, 6.07) is 5.56. The van der Waals surface area contributed by atoms with Crippen LogP contribution in [0.2, 0.25) is 5.02 Å². The van der Waals surface area contributed by atoms with Crippen LogP contribution in [0, 0.1) is 10.1 Å². The van der Waals surface area contributed by atoms with Crippen molar-refractivity contribution in [1.82, 2.24) is 4.57 Å². The summed E-state index contributed by atoms with van der Waals surface area (Å²) >= 11 is 6.18. The van der Waals surface area contributed by atoms with Crippen molar-refractivity contribution in [3.63, 3.8) is 0 Å². The number of nitro groups is 1. The molecule has 2 heterocycles. The van der Waals surface area contributed by atoms with Gasteiger partial charge in [0.05, 0.1) is 15.6 Å². The van der Waals surface area contributed by atoms with E-state index in [1.807, 2.05) is 13.8 Å². The quantitative estimate of drug-likeness (QED) is 0.619. The Morgan fingerprint density at radius 3 is 2.61 bits per heavy atom. The fourth-order valence-electron chi connectivity index (χ4n) is 3.05. The molecule has 1 aliphatic heterocycles. The molecule has 0 radical (unpaired) electrons. The number of carbonyl (C=O) groups excluding carboxylic acids is 1. The van der Waals surface area contributed by atoms with Crippen molar-refractivity contribution in [2.75, 3.05) is 5.32 Å². The first-order valence-electron chi connectivity index (χ1n) is 8.40. The topological polar surface area (TPSA) is 103 Å². The number of hydrogen-bond donors (Lipinski definition) is 1. The second-order valence-corrected chi connectivity index (χ2v) is 7.39. The first kappa shape index (κ1) is 19.6. The summed E-state index contributed by atoms with van der Waals surface area (Å²) in [4.78, 5) is 35.2. The van der Waals surface area contributed by atoms with Crippen molar-refractivity contribution in [2.45, 2.75) is 33.3 Å². The molecule has 0 fully saturated rings. The number of nitro benzene ring substituents is 1. The summed E-state index contributed by atoms with van der Waals surface area (Å²) in [7, 11) is 0. The smallest absolute Gasteiger partial charge is 0.278 e. The van der Waals surface area contributed by atoms with E-state index in [-0.39, 0.29) is 16.4 Å². The molecule has 28 heavy (non-hydrogen) atoms. The van der Waals surface area contributed by atoms with Gasteiger partial charge in [0.2, 0.25) is 5.91 Å². The van der Waals surface area contributed by atoms with Gasteiger partial charge in [-0.25, -0.2) is 0 Å². The Balaban J connectivity index is 2.36. The summed E-state index contributed by atoms with van der Waals surface area (Å²) in [5.41, 5.74) is 0.0936. The average molecular weight is 404 g/mol. The summed E-state index contributed by atoms with van der Waals surface area (Å²) in [5, 5.41) is 13.9. The molecule has 9 heteroatoms. The molecule has 0 bridgehead atoms. The minimum Gasteiger partial charge on any atom is -0.483 e. The highest BCUT2D eigenvalue weighted by Gasteiger charge is 2.34. The van der Waals surface area contributed by atoms with E-state index in [0.29, 0.717) is 22.6 Å². The van der Waals surface area contributed by atoms with Gasteiger partial charge in [0.15, 0.2) is 0 Å². The predicted molar refractivity (Wildman–Crippen MR) is 106 cm³/mol. The number of anilines is 1. The molecule has 0 saturated carbocycles. The van der Waals surface area contributed by atoms with Crippen LogP contribution in [0.5, 0.6) is 5.75 Å². The maximum atomic E-state index is 13.0. The van der Waals surface area contributed by atoms with Gasteiger partial charge in [-0.05, 0) is 38.5 Å². The number of hydrogen-bond acceptors (Lipinski definition) is 5. The van der Waals surface area contributed by atoms with Gasteiger partial charge >= 0.3 is 0 Å². The summed E-state index contributed by atoms with van der Waals surface area (Å²) in [6.07, 6.45) is 1.41. The molecule has 0 unspecified atom stereocenters. The number of benzene rings is 1. The van der Waals surface area contributed by atoms with Crippen molar-refractivity contribution in [3.05, 3.63) is 67.1 Å². The molecule has 1 amide bonds. The van der Waals surface area contributed by atoms with Crippen LogP contribution in [-0.4, -0.2) is 21.0 Å². The lowest BCUT2D eigenvalue weighted by atomic mass is 9.90. The van der Waals surface area contributed by atoms with Crippen LogP contribution in [-0.2, 0) is 4.79 Å². The van der Waals surface area contributed by atoms with E-state index in [0.717, 1.165) is 0 Å². The third-order valence-corrected chi connectivity index (χ3v) is 4.79. The minimum atomic E-state index is -0.769. The molecule has 1 aromatic carbocycles. The molecular formula is C19H18ClN3O5. The largest absolute Gasteiger partial charge is 0.483 e. The molecule has 1 N–H and O–H groups in total. The van der Waals surface area contributed by atoms with Gasteiger partial charge in [-0.2, -0.15) is 0 Å². The van der Waals surface area contributed by atoms with Crippen LogP contribution in [0.4, 0.5) is 11.4 Å². The number of carbonyl (C=O) groups is 1. The number of nitrogens with one attached hydrogen (secondary N) is 1. The highest BCUT2D eigenvalue weighted by Crippen LogP contribution is 2.42. The fraction of sp³-hybridized carbons (Fsp3) is 0.263. The molecular weight excluding hydrogens is 386 g/mol. The van der Waals surface area contributed by atoms with E-state index in [1.54, 1.807) is 6.92 Å². The maximum absolute atomic E-state index is 13.0. The molecule has 0 aliphatic carbocycles. The van der Waals surface area contributed by atoms with E-state index in [9.17, 15) is 19.7 Å². The van der Waals surface area contributed by atoms with Gasteiger partial charge in [0.25, 0.3) is 11.2 Å². The first-order valence-corrected chi connectivity index (χ1v) is 8.78. The molecule has 3 rings (SSSR count). The number of pyridine rings is 1. The maximum Gasteiger partial charge on any atom is 0.278 e. The molecule has 0 saturated heterocycles. The molecule has 2 aromatic rings. The third kappa shape index (κ3) is 3.38. The zero-order valence-electron chi connectivity index (χ0n) is 15.7. The predicted octanol–water partition coefficient (Wildman–Crippen LogP) is 3.82. The lowest BCUT2D eigenvalue weighted by Crippen LogP contribution is -2.36. The van der Waals surface area contributed by atoms with Crippen molar-refractivity contribution in [2.24, 2.45) is 0 Å². The van der Waals surface area contributed by atoms with Crippen LogP contribution >= 0.6 is 11.6 Å². The second-order valence-electron chi connectivity index (χ2n) is 6.95. The summed E-state index contributed by atoms with van der Waals surface area (Å²) in [5.74, 6) is -0.0101. The molecule has 0 spiro atoms. The number of non-ortho nitro benzene ring substituents is 1. The number of amides is 1. The van der Waals surface area contributed by atoms with Gasteiger partial charge in [-0.15, -0.1) is 0 Å². The standard InChI is InChI=1S/C19H18ClN3O5/c1-10-17(22-9-12(20)7-15(18(22)25)21-11(2)24)14-8-13(23(26)27)5-6-16(14)28-19(10,3)4/h5-9H,1-4H3,(H,21,24). The van der Waals surface area contributed by atoms with Crippen LogP contribution < -0.4 is 15.6 Å². The SMILES string of the molecule is CC(=O)Nc1cc(Cl)cn(C2=C(C)C(C)(C)Oc3ccc([N+](=O)[O-])cc32)c1=O. The lowest BCUT2D eigenvalue weighted by molar-refractivity contribution is -0.384. The zero-order valence-corrected chi connectivity index (χ0v) is 16.5. The molecule has 0 atom stereocenters. The number of rotatable bonds is 3.